The van der Waals surface area contributed by atoms with E-state index in [9.17, 15) is 13.2 Å². The van der Waals surface area contributed by atoms with E-state index in [1.807, 2.05) is 36.1 Å². The van der Waals surface area contributed by atoms with Crippen LogP contribution in [0, 0.1) is 0 Å². The third-order valence-corrected chi connectivity index (χ3v) is 3.36. The Morgan fingerprint density at radius 2 is 1.84 bits per heavy atom. The predicted molar refractivity (Wildman–Crippen MR) is 70.0 cm³/mol. The molecule has 0 aromatic heterocycles. The van der Waals surface area contributed by atoms with Crippen LogP contribution in [0.2, 0.25) is 0 Å². The van der Waals surface area contributed by atoms with Crippen molar-refractivity contribution in [2.24, 2.45) is 5.73 Å². The molecule has 1 atom stereocenters. The molecule has 0 bridgehead atoms. The number of rotatable bonds is 2. The topological polar surface area (TPSA) is 29.3 Å². The normalized spacial score (nSPS) is 18.2. The van der Waals surface area contributed by atoms with Crippen molar-refractivity contribution in [3.05, 3.63) is 41.5 Å². The van der Waals surface area contributed by atoms with Crippen molar-refractivity contribution in [3.8, 4) is 0 Å². The third-order valence-electron chi connectivity index (χ3n) is 3.36. The van der Waals surface area contributed by atoms with Crippen molar-refractivity contribution in [1.29, 1.82) is 0 Å². The molecule has 0 fully saturated rings. The Hall–Kier alpha value is -1.49. The van der Waals surface area contributed by atoms with Crippen molar-refractivity contribution in [1.82, 2.24) is 0 Å². The van der Waals surface area contributed by atoms with Gasteiger partial charge in [0, 0.05) is 30.4 Å². The lowest BCUT2D eigenvalue weighted by atomic mass is 10.1. The highest BCUT2D eigenvalue weighted by atomic mass is 19.4. The summed E-state index contributed by atoms with van der Waals surface area (Å²) in [6.45, 7) is 2.59. The van der Waals surface area contributed by atoms with Crippen LogP contribution in [-0.4, -0.2) is 19.3 Å². The highest BCUT2D eigenvalue weighted by Gasteiger charge is 2.34. The summed E-state index contributed by atoms with van der Waals surface area (Å²) < 4.78 is 37.5. The zero-order valence-electron chi connectivity index (χ0n) is 10.7. The highest BCUT2D eigenvalue weighted by molar-refractivity contribution is 5.49. The fourth-order valence-corrected chi connectivity index (χ4v) is 2.15. The van der Waals surface area contributed by atoms with E-state index in [1.165, 1.54) is 6.08 Å². The number of anilines is 1. The molecule has 2 N–H and O–H groups in total. The molecule has 1 aliphatic heterocycles. The van der Waals surface area contributed by atoms with Crippen molar-refractivity contribution in [2.75, 3.05) is 18.0 Å². The van der Waals surface area contributed by atoms with Gasteiger partial charge in [0.15, 0.2) is 0 Å². The average molecular weight is 270 g/mol. The van der Waals surface area contributed by atoms with Crippen LogP contribution in [0.25, 0.3) is 0 Å². The molecule has 19 heavy (non-hydrogen) atoms. The first-order valence-electron chi connectivity index (χ1n) is 6.24. The number of nitrogens with zero attached hydrogens (tertiary/aromatic N) is 1. The maximum Gasteiger partial charge on any atom is 0.412 e. The zero-order chi connectivity index (χ0) is 14.0. The largest absolute Gasteiger partial charge is 0.412 e. The van der Waals surface area contributed by atoms with Crippen LogP contribution in [0.15, 0.2) is 35.9 Å². The molecule has 1 aromatic rings. The SMILES string of the molecule is CC(N)c1ccc(N2CC=C(C(F)(F)F)CC2)cc1. The Balaban J connectivity index is 2.07. The number of hydrogen-bond donors (Lipinski definition) is 1. The summed E-state index contributed by atoms with van der Waals surface area (Å²) in [7, 11) is 0. The van der Waals surface area contributed by atoms with Gasteiger partial charge in [0.2, 0.25) is 0 Å². The van der Waals surface area contributed by atoms with E-state index in [2.05, 4.69) is 0 Å². The first-order valence-corrected chi connectivity index (χ1v) is 6.24. The van der Waals surface area contributed by atoms with Gasteiger partial charge in [0.25, 0.3) is 0 Å². The zero-order valence-corrected chi connectivity index (χ0v) is 10.7. The Labute approximate surface area is 110 Å². The molecule has 0 saturated carbocycles. The molecule has 0 radical (unpaired) electrons. The van der Waals surface area contributed by atoms with Crippen LogP contribution < -0.4 is 10.6 Å². The Kier molecular flexibility index (Phi) is 3.85. The maximum absolute atomic E-state index is 12.5. The second-order valence-corrected chi connectivity index (χ2v) is 4.80. The summed E-state index contributed by atoms with van der Waals surface area (Å²) in [5, 5.41) is 0. The van der Waals surface area contributed by atoms with Gasteiger partial charge in [-0.3, -0.25) is 0 Å². The summed E-state index contributed by atoms with van der Waals surface area (Å²) in [6.07, 6.45) is -2.88. The molecule has 0 spiro atoms. The van der Waals surface area contributed by atoms with E-state index in [0.717, 1.165) is 11.3 Å². The van der Waals surface area contributed by atoms with Crippen LogP contribution >= 0.6 is 0 Å². The minimum Gasteiger partial charge on any atom is -0.367 e. The van der Waals surface area contributed by atoms with Crippen LogP contribution in [-0.2, 0) is 0 Å². The van der Waals surface area contributed by atoms with E-state index in [1.54, 1.807) is 0 Å². The minimum absolute atomic E-state index is 0.0351. The fraction of sp³-hybridized carbons (Fsp3) is 0.429. The van der Waals surface area contributed by atoms with Crippen molar-refractivity contribution < 1.29 is 13.2 Å². The molecule has 2 nitrogen and oxygen atoms in total. The first-order chi connectivity index (χ1) is 8.88. The number of nitrogens with two attached hydrogens (primary N) is 1. The number of benzene rings is 1. The van der Waals surface area contributed by atoms with Gasteiger partial charge in [-0.2, -0.15) is 13.2 Å². The first kappa shape index (κ1) is 13.9. The van der Waals surface area contributed by atoms with E-state index in [0.29, 0.717) is 13.1 Å². The quantitative estimate of drug-likeness (QED) is 0.834. The van der Waals surface area contributed by atoms with Gasteiger partial charge in [0.05, 0.1) is 0 Å². The summed E-state index contributed by atoms with van der Waals surface area (Å²) in [6, 6.07) is 7.62. The molecule has 1 aromatic carbocycles. The average Bonchev–Trinajstić information content (AvgIpc) is 2.38. The van der Waals surface area contributed by atoms with Crippen LogP contribution in [0.5, 0.6) is 0 Å². The van der Waals surface area contributed by atoms with E-state index in [4.69, 9.17) is 5.73 Å². The standard InChI is InChI=1S/C14H17F3N2/c1-10(18)11-2-4-13(5-3-11)19-8-6-12(7-9-19)14(15,16)17/h2-6,10H,7-9,18H2,1H3. The molecule has 0 aliphatic carbocycles. The van der Waals surface area contributed by atoms with Gasteiger partial charge < -0.3 is 10.6 Å². The summed E-state index contributed by atoms with van der Waals surface area (Å²) >= 11 is 0. The molecule has 0 amide bonds. The Morgan fingerprint density at radius 3 is 2.26 bits per heavy atom. The molecular formula is C14H17F3N2. The van der Waals surface area contributed by atoms with Gasteiger partial charge in [0.1, 0.15) is 0 Å². The van der Waals surface area contributed by atoms with Gasteiger partial charge in [-0.1, -0.05) is 18.2 Å². The molecule has 5 heteroatoms. The molecule has 1 unspecified atom stereocenters. The number of halogens is 3. The van der Waals surface area contributed by atoms with Gasteiger partial charge in [-0.05, 0) is 31.0 Å². The van der Waals surface area contributed by atoms with Gasteiger partial charge in [-0.25, -0.2) is 0 Å². The molecule has 104 valence electrons. The van der Waals surface area contributed by atoms with Gasteiger partial charge >= 0.3 is 6.18 Å². The lowest BCUT2D eigenvalue weighted by Crippen LogP contribution is -2.31. The van der Waals surface area contributed by atoms with E-state index < -0.39 is 11.7 Å². The molecule has 2 rings (SSSR count). The smallest absolute Gasteiger partial charge is 0.367 e. The van der Waals surface area contributed by atoms with Crippen LogP contribution in [0.3, 0.4) is 0 Å². The monoisotopic (exact) mass is 270 g/mol. The van der Waals surface area contributed by atoms with Gasteiger partial charge in [-0.15, -0.1) is 0 Å². The number of hydrogen-bond acceptors (Lipinski definition) is 2. The summed E-state index contributed by atoms with van der Waals surface area (Å²) in [5.41, 5.74) is 7.29. The lowest BCUT2D eigenvalue weighted by Gasteiger charge is -2.29. The van der Waals surface area contributed by atoms with Crippen molar-refractivity contribution in [2.45, 2.75) is 25.6 Å². The molecule has 1 aliphatic rings. The van der Waals surface area contributed by atoms with Crippen molar-refractivity contribution >= 4 is 5.69 Å². The predicted octanol–water partition coefficient (Wildman–Crippen LogP) is 3.41. The molecular weight excluding hydrogens is 253 g/mol. The highest BCUT2D eigenvalue weighted by Crippen LogP contribution is 2.31. The minimum atomic E-state index is -4.19. The summed E-state index contributed by atoms with van der Waals surface area (Å²) in [5.74, 6) is 0. The Bertz CT molecular complexity index is 461. The Morgan fingerprint density at radius 1 is 1.21 bits per heavy atom. The number of alkyl halides is 3. The fourth-order valence-electron chi connectivity index (χ4n) is 2.15. The molecule has 1 heterocycles. The lowest BCUT2D eigenvalue weighted by molar-refractivity contribution is -0.0943. The van der Waals surface area contributed by atoms with Crippen LogP contribution in [0.1, 0.15) is 24.9 Å². The maximum atomic E-state index is 12.5. The van der Waals surface area contributed by atoms with Crippen LogP contribution in [0.4, 0.5) is 18.9 Å². The van der Waals surface area contributed by atoms with Crippen molar-refractivity contribution in [3.63, 3.8) is 0 Å². The summed E-state index contributed by atoms with van der Waals surface area (Å²) in [4.78, 5) is 1.93. The second kappa shape index (κ2) is 5.25. The van der Waals surface area contributed by atoms with E-state index >= 15 is 0 Å². The second-order valence-electron chi connectivity index (χ2n) is 4.80. The van der Waals surface area contributed by atoms with E-state index in [-0.39, 0.29) is 12.5 Å². The third kappa shape index (κ3) is 3.29. The molecule has 0 saturated heterocycles.